The van der Waals surface area contributed by atoms with Crippen molar-refractivity contribution in [3.05, 3.63) is 41.3 Å². The maximum Gasteiger partial charge on any atom is 0.339 e. The monoisotopic (exact) mass is 265 g/mol. The fraction of sp³-hybridized carbons (Fsp3) is 0.231. The molecule has 0 saturated carbocycles. The van der Waals surface area contributed by atoms with Crippen molar-refractivity contribution in [2.45, 2.75) is 0 Å². The van der Waals surface area contributed by atoms with Crippen LogP contribution in [0.3, 0.4) is 0 Å². The van der Waals surface area contributed by atoms with Crippen LogP contribution in [0.1, 0.15) is 36.6 Å². The number of ether oxygens (including phenoxy) is 3. The van der Waals surface area contributed by atoms with Crippen molar-refractivity contribution in [1.82, 2.24) is 0 Å². The van der Waals surface area contributed by atoms with Crippen LogP contribution in [0.25, 0.3) is 0 Å². The molecule has 0 fully saturated rings. The molecule has 0 aliphatic rings. The van der Waals surface area contributed by atoms with E-state index in [0.717, 1.165) is 14.2 Å². The Morgan fingerprint density at radius 2 is 1.32 bits per heavy atom. The normalized spacial score (nSPS) is 9.68. The quantitative estimate of drug-likeness (QED) is 0.604. The Kier molecular flexibility index (Phi) is 4.63. The summed E-state index contributed by atoms with van der Waals surface area (Å²) in [6, 6.07) is 2.76. The minimum atomic E-state index is -0.841. The van der Waals surface area contributed by atoms with Gasteiger partial charge in [0.05, 0.1) is 38.0 Å². The number of hydrogen-bond acceptors (Lipinski definition) is 6. The second kappa shape index (κ2) is 5.99. The highest BCUT2D eigenvalue weighted by atomic mass is 16.5. The number of carbonyl (C=O) groups is 3. The Morgan fingerprint density at radius 1 is 0.842 bits per heavy atom. The standard InChI is InChI=1S/C13H13O6/c1-7-5-6-8(11(14)17-2)10(13(16)19-4)9(7)12(15)18-3/h5-6H,1H2,2-4H3. The summed E-state index contributed by atoms with van der Waals surface area (Å²) in [7, 11) is 3.47. The number of carbonyl (C=O) groups excluding carboxylic acids is 3. The molecule has 0 bridgehead atoms. The lowest BCUT2D eigenvalue weighted by molar-refractivity contribution is 0.0535. The largest absolute Gasteiger partial charge is 0.465 e. The Morgan fingerprint density at radius 3 is 1.79 bits per heavy atom. The molecular weight excluding hydrogens is 252 g/mol. The van der Waals surface area contributed by atoms with E-state index in [4.69, 9.17) is 0 Å². The van der Waals surface area contributed by atoms with Crippen LogP contribution in [0.15, 0.2) is 12.1 Å². The van der Waals surface area contributed by atoms with E-state index in [2.05, 4.69) is 21.1 Å². The zero-order valence-electron chi connectivity index (χ0n) is 10.8. The zero-order valence-corrected chi connectivity index (χ0v) is 10.8. The smallest absolute Gasteiger partial charge is 0.339 e. The Hall–Kier alpha value is -2.37. The first kappa shape index (κ1) is 14.7. The molecule has 0 atom stereocenters. The summed E-state index contributed by atoms with van der Waals surface area (Å²) in [5.41, 5.74) is -0.159. The first-order valence-electron chi connectivity index (χ1n) is 5.21. The van der Waals surface area contributed by atoms with Crippen LogP contribution in [0.4, 0.5) is 0 Å². The molecule has 0 heterocycles. The van der Waals surface area contributed by atoms with E-state index >= 15 is 0 Å². The summed E-state index contributed by atoms with van der Waals surface area (Å²) >= 11 is 0. The van der Waals surface area contributed by atoms with Crippen LogP contribution in [-0.2, 0) is 14.2 Å². The second-order valence-corrected chi connectivity index (χ2v) is 3.50. The van der Waals surface area contributed by atoms with Crippen molar-refractivity contribution in [3.8, 4) is 0 Å². The van der Waals surface area contributed by atoms with Gasteiger partial charge in [-0.1, -0.05) is 6.07 Å². The molecule has 6 heteroatoms. The Bertz CT molecular complexity index is 532. The van der Waals surface area contributed by atoms with Crippen molar-refractivity contribution in [2.24, 2.45) is 0 Å². The van der Waals surface area contributed by atoms with E-state index < -0.39 is 17.9 Å². The van der Waals surface area contributed by atoms with Gasteiger partial charge in [-0.15, -0.1) is 0 Å². The van der Waals surface area contributed by atoms with Gasteiger partial charge in [-0.3, -0.25) is 0 Å². The molecule has 0 amide bonds. The molecule has 0 aliphatic carbocycles. The fourth-order valence-corrected chi connectivity index (χ4v) is 1.58. The molecule has 0 spiro atoms. The van der Waals surface area contributed by atoms with Gasteiger partial charge in [-0.25, -0.2) is 14.4 Å². The van der Waals surface area contributed by atoms with Gasteiger partial charge >= 0.3 is 17.9 Å². The molecule has 0 unspecified atom stereocenters. The van der Waals surface area contributed by atoms with E-state index in [1.165, 1.54) is 19.2 Å². The maximum absolute atomic E-state index is 11.8. The van der Waals surface area contributed by atoms with Crippen molar-refractivity contribution in [3.63, 3.8) is 0 Å². The summed E-state index contributed by atoms with van der Waals surface area (Å²) < 4.78 is 13.7. The molecule has 1 aromatic carbocycles. The molecule has 6 nitrogen and oxygen atoms in total. The summed E-state index contributed by atoms with van der Waals surface area (Å²) in [5.74, 6) is -2.38. The van der Waals surface area contributed by atoms with Gasteiger partial charge in [-0.2, -0.15) is 0 Å². The molecule has 0 aliphatic heterocycles. The van der Waals surface area contributed by atoms with Crippen LogP contribution in [0.5, 0.6) is 0 Å². The maximum atomic E-state index is 11.8. The number of benzene rings is 1. The molecular formula is C13H13O6. The third-order valence-corrected chi connectivity index (χ3v) is 2.48. The zero-order chi connectivity index (χ0) is 14.6. The third-order valence-electron chi connectivity index (χ3n) is 2.48. The lowest BCUT2D eigenvalue weighted by Crippen LogP contribution is -2.19. The van der Waals surface area contributed by atoms with Crippen molar-refractivity contribution >= 4 is 17.9 Å². The molecule has 1 rings (SSSR count). The summed E-state index contributed by atoms with van der Waals surface area (Å²) in [5, 5.41) is 0. The number of hydrogen-bond donors (Lipinski definition) is 0. The summed E-state index contributed by atoms with van der Waals surface area (Å²) in [4.78, 5) is 35.1. The van der Waals surface area contributed by atoms with Crippen LogP contribution in [-0.4, -0.2) is 39.2 Å². The number of rotatable bonds is 3. The molecule has 0 N–H and O–H groups in total. The minimum Gasteiger partial charge on any atom is -0.465 e. The average Bonchev–Trinajstić information content (AvgIpc) is 2.44. The van der Waals surface area contributed by atoms with Crippen molar-refractivity contribution in [1.29, 1.82) is 0 Å². The van der Waals surface area contributed by atoms with Gasteiger partial charge in [0.1, 0.15) is 0 Å². The lowest BCUT2D eigenvalue weighted by Gasteiger charge is -2.12. The van der Waals surface area contributed by atoms with Crippen molar-refractivity contribution in [2.75, 3.05) is 21.3 Å². The highest BCUT2D eigenvalue weighted by Gasteiger charge is 2.27. The highest BCUT2D eigenvalue weighted by Crippen LogP contribution is 2.22. The number of esters is 3. The fourth-order valence-electron chi connectivity index (χ4n) is 1.58. The van der Waals surface area contributed by atoms with Gasteiger partial charge in [0.2, 0.25) is 0 Å². The van der Waals surface area contributed by atoms with Gasteiger partial charge < -0.3 is 14.2 Å². The SMILES string of the molecule is [CH2]c1ccc(C(=O)OC)c(C(=O)OC)c1C(=O)OC. The van der Waals surface area contributed by atoms with Gasteiger partial charge in [0, 0.05) is 0 Å². The predicted molar refractivity (Wildman–Crippen MR) is 64.9 cm³/mol. The lowest BCUT2D eigenvalue weighted by atomic mass is 9.96. The molecule has 0 aromatic heterocycles. The van der Waals surface area contributed by atoms with Crippen LogP contribution in [0, 0.1) is 6.92 Å². The first-order valence-corrected chi connectivity index (χ1v) is 5.21. The van der Waals surface area contributed by atoms with Crippen LogP contribution >= 0.6 is 0 Å². The second-order valence-electron chi connectivity index (χ2n) is 3.50. The Labute approximate surface area is 110 Å². The molecule has 19 heavy (non-hydrogen) atoms. The third kappa shape index (κ3) is 2.73. The molecule has 1 radical (unpaired) electrons. The van der Waals surface area contributed by atoms with E-state index in [9.17, 15) is 14.4 Å². The van der Waals surface area contributed by atoms with Gasteiger partial charge in [-0.05, 0) is 18.6 Å². The number of methoxy groups -OCH3 is 3. The molecule has 101 valence electrons. The van der Waals surface area contributed by atoms with Crippen molar-refractivity contribution < 1.29 is 28.6 Å². The van der Waals surface area contributed by atoms with E-state index in [1.54, 1.807) is 0 Å². The molecule has 1 aromatic rings. The Balaban J connectivity index is 3.64. The van der Waals surface area contributed by atoms with Gasteiger partial charge in [0.25, 0.3) is 0 Å². The topological polar surface area (TPSA) is 78.9 Å². The molecule has 0 saturated heterocycles. The van der Waals surface area contributed by atoms with E-state index in [1.807, 2.05) is 0 Å². The first-order chi connectivity index (χ1) is 8.97. The van der Waals surface area contributed by atoms with Gasteiger partial charge in [0.15, 0.2) is 0 Å². The minimum absolute atomic E-state index is 0.0813. The summed E-state index contributed by atoms with van der Waals surface area (Å²) in [6.07, 6.45) is 0. The van der Waals surface area contributed by atoms with E-state index in [0.29, 0.717) is 0 Å². The average molecular weight is 265 g/mol. The highest BCUT2D eigenvalue weighted by molar-refractivity contribution is 6.11. The van der Waals surface area contributed by atoms with Crippen LogP contribution in [0.2, 0.25) is 0 Å². The van der Waals surface area contributed by atoms with E-state index in [-0.39, 0.29) is 22.3 Å². The predicted octanol–water partition coefficient (Wildman–Crippen LogP) is 1.23. The summed E-state index contributed by atoms with van der Waals surface area (Å²) in [6.45, 7) is 3.63. The van der Waals surface area contributed by atoms with Crippen LogP contribution < -0.4 is 0 Å².